The molecule has 5 heteroatoms. The third kappa shape index (κ3) is 4.34. The first-order chi connectivity index (χ1) is 12.2. The minimum atomic E-state index is -0.00669. The number of likely N-dealkylation sites (tertiary alicyclic amines) is 2. The Morgan fingerprint density at radius 3 is 2.60 bits per heavy atom. The molecule has 2 heterocycles. The van der Waals surface area contributed by atoms with Crippen molar-refractivity contribution in [2.75, 3.05) is 40.4 Å². The van der Waals surface area contributed by atoms with Crippen molar-refractivity contribution >= 4 is 5.78 Å². The monoisotopic (exact) mass is 344 g/mol. The number of rotatable bonds is 7. The van der Waals surface area contributed by atoms with Crippen molar-refractivity contribution in [2.45, 2.75) is 31.7 Å². The quantitative estimate of drug-likeness (QED) is 0.562. The van der Waals surface area contributed by atoms with E-state index in [1.54, 1.807) is 38.5 Å². The molecule has 136 valence electrons. The Labute approximate surface area is 150 Å². The Balaban J connectivity index is 1.63. The topological polar surface area (TPSA) is 42.0 Å². The number of allylic oxidation sites excluding steroid dienone is 1. The lowest BCUT2D eigenvalue weighted by Gasteiger charge is -2.27. The molecule has 2 aliphatic rings. The maximum Gasteiger partial charge on any atom is 0.187 e. The van der Waals surface area contributed by atoms with Gasteiger partial charge in [0.2, 0.25) is 0 Å². The van der Waals surface area contributed by atoms with Crippen molar-refractivity contribution in [3.05, 3.63) is 36.0 Å². The number of methoxy groups -OCH3 is 2. The SMILES string of the molecule is COc1ccc(C(=O)/C=C/N2CCC[C@H]2CN2CCCC2)cc1OC. The van der Waals surface area contributed by atoms with E-state index in [-0.39, 0.29) is 5.78 Å². The highest BCUT2D eigenvalue weighted by atomic mass is 16.5. The first-order valence-corrected chi connectivity index (χ1v) is 9.14. The molecule has 0 N–H and O–H groups in total. The van der Waals surface area contributed by atoms with E-state index in [0.717, 1.165) is 13.1 Å². The van der Waals surface area contributed by atoms with E-state index in [9.17, 15) is 4.79 Å². The third-order valence-corrected chi connectivity index (χ3v) is 5.18. The number of nitrogens with zero attached hydrogens (tertiary/aromatic N) is 2. The molecule has 2 fully saturated rings. The van der Waals surface area contributed by atoms with Gasteiger partial charge in [-0.15, -0.1) is 0 Å². The highest BCUT2D eigenvalue weighted by Crippen LogP contribution is 2.28. The maximum absolute atomic E-state index is 12.5. The lowest BCUT2D eigenvalue weighted by atomic mass is 10.1. The van der Waals surface area contributed by atoms with Crippen LogP contribution in [0.5, 0.6) is 11.5 Å². The molecule has 25 heavy (non-hydrogen) atoms. The molecule has 2 aliphatic heterocycles. The molecule has 0 aromatic heterocycles. The van der Waals surface area contributed by atoms with Crippen LogP contribution in [0.15, 0.2) is 30.5 Å². The number of carbonyl (C=O) groups excluding carboxylic acids is 1. The van der Waals surface area contributed by atoms with E-state index < -0.39 is 0 Å². The normalized spacial score (nSPS) is 21.2. The van der Waals surface area contributed by atoms with E-state index in [1.807, 2.05) is 6.20 Å². The number of hydrogen-bond donors (Lipinski definition) is 0. The molecule has 5 nitrogen and oxygen atoms in total. The molecule has 0 saturated carbocycles. The lowest BCUT2D eigenvalue weighted by Crippen LogP contribution is -2.36. The largest absolute Gasteiger partial charge is 0.493 e. The molecular formula is C20H28N2O3. The minimum absolute atomic E-state index is 0.00669. The van der Waals surface area contributed by atoms with Gasteiger partial charge in [0, 0.05) is 37.0 Å². The second kappa shape index (κ2) is 8.39. The van der Waals surface area contributed by atoms with Crippen LogP contribution in [-0.4, -0.2) is 62.0 Å². The Hall–Kier alpha value is -2.01. The molecule has 0 bridgehead atoms. The number of benzene rings is 1. The van der Waals surface area contributed by atoms with E-state index in [2.05, 4.69) is 9.80 Å². The van der Waals surface area contributed by atoms with Crippen LogP contribution in [0.25, 0.3) is 0 Å². The summed E-state index contributed by atoms with van der Waals surface area (Å²) in [5, 5.41) is 0. The molecule has 2 saturated heterocycles. The lowest BCUT2D eigenvalue weighted by molar-refractivity contribution is 0.104. The van der Waals surface area contributed by atoms with Crippen LogP contribution in [0.3, 0.4) is 0 Å². The van der Waals surface area contributed by atoms with Gasteiger partial charge in [0.1, 0.15) is 0 Å². The van der Waals surface area contributed by atoms with Crippen LogP contribution >= 0.6 is 0 Å². The predicted octanol–water partition coefficient (Wildman–Crippen LogP) is 2.96. The van der Waals surface area contributed by atoms with Gasteiger partial charge in [0.25, 0.3) is 0 Å². The zero-order valence-corrected chi connectivity index (χ0v) is 15.2. The van der Waals surface area contributed by atoms with Crippen LogP contribution in [-0.2, 0) is 0 Å². The molecule has 0 aliphatic carbocycles. The third-order valence-electron chi connectivity index (χ3n) is 5.18. The summed E-state index contributed by atoms with van der Waals surface area (Å²) in [6, 6.07) is 5.82. The van der Waals surface area contributed by atoms with Gasteiger partial charge in [-0.2, -0.15) is 0 Å². The van der Waals surface area contributed by atoms with Gasteiger partial charge in [-0.05, 0) is 57.0 Å². The summed E-state index contributed by atoms with van der Waals surface area (Å²) in [6.07, 6.45) is 8.72. The first kappa shape index (κ1) is 17.8. The summed E-state index contributed by atoms with van der Waals surface area (Å²) in [6.45, 7) is 4.60. The van der Waals surface area contributed by atoms with Crippen LogP contribution in [0.1, 0.15) is 36.0 Å². The van der Waals surface area contributed by atoms with E-state index in [4.69, 9.17) is 9.47 Å². The van der Waals surface area contributed by atoms with Crippen LogP contribution in [0.2, 0.25) is 0 Å². The summed E-state index contributed by atoms with van der Waals surface area (Å²) < 4.78 is 10.5. The fourth-order valence-electron chi connectivity index (χ4n) is 3.76. The number of carbonyl (C=O) groups is 1. The zero-order valence-electron chi connectivity index (χ0n) is 15.2. The summed E-state index contributed by atoms with van der Waals surface area (Å²) >= 11 is 0. The Bertz CT molecular complexity index is 623. The Morgan fingerprint density at radius 1 is 1.12 bits per heavy atom. The van der Waals surface area contributed by atoms with Gasteiger partial charge in [-0.1, -0.05) is 0 Å². The molecule has 0 spiro atoms. The number of ether oxygens (including phenoxy) is 2. The van der Waals surface area contributed by atoms with E-state index in [0.29, 0.717) is 23.1 Å². The molecule has 0 amide bonds. The highest BCUT2D eigenvalue weighted by molar-refractivity contribution is 6.04. The standard InChI is InChI=1S/C20H28N2O3/c1-24-19-8-7-16(14-20(19)25-2)18(23)9-13-22-12-5-6-17(22)15-21-10-3-4-11-21/h7-9,13-14,17H,3-6,10-12,15H2,1-2H3/b13-9+/t17-/m0/s1. The summed E-state index contributed by atoms with van der Waals surface area (Å²) in [5.41, 5.74) is 0.615. The fraction of sp³-hybridized carbons (Fsp3) is 0.550. The highest BCUT2D eigenvalue weighted by Gasteiger charge is 2.25. The number of ketones is 1. The molecule has 1 aromatic rings. The molecular weight excluding hydrogens is 316 g/mol. The minimum Gasteiger partial charge on any atom is -0.493 e. The number of hydrogen-bond acceptors (Lipinski definition) is 5. The molecule has 1 aromatic carbocycles. The average molecular weight is 344 g/mol. The van der Waals surface area contributed by atoms with Crippen molar-refractivity contribution < 1.29 is 14.3 Å². The van der Waals surface area contributed by atoms with Gasteiger partial charge in [0.05, 0.1) is 14.2 Å². The van der Waals surface area contributed by atoms with Gasteiger partial charge in [-0.3, -0.25) is 4.79 Å². The van der Waals surface area contributed by atoms with Crippen molar-refractivity contribution in [3.63, 3.8) is 0 Å². The second-order valence-corrected chi connectivity index (χ2v) is 6.79. The zero-order chi connectivity index (χ0) is 17.6. The maximum atomic E-state index is 12.5. The van der Waals surface area contributed by atoms with E-state index in [1.165, 1.54) is 38.8 Å². The average Bonchev–Trinajstić information content (AvgIpc) is 3.31. The second-order valence-electron chi connectivity index (χ2n) is 6.79. The Kier molecular flexibility index (Phi) is 5.97. The smallest absolute Gasteiger partial charge is 0.187 e. The van der Waals surface area contributed by atoms with Crippen LogP contribution < -0.4 is 9.47 Å². The molecule has 0 unspecified atom stereocenters. The summed E-state index contributed by atoms with van der Waals surface area (Å²) in [4.78, 5) is 17.4. The van der Waals surface area contributed by atoms with Crippen molar-refractivity contribution in [1.82, 2.24) is 9.80 Å². The fourth-order valence-corrected chi connectivity index (χ4v) is 3.76. The van der Waals surface area contributed by atoms with Crippen molar-refractivity contribution in [3.8, 4) is 11.5 Å². The van der Waals surface area contributed by atoms with Crippen LogP contribution in [0, 0.1) is 0 Å². The molecule has 1 atom stereocenters. The summed E-state index contributed by atoms with van der Waals surface area (Å²) in [7, 11) is 3.17. The van der Waals surface area contributed by atoms with E-state index >= 15 is 0 Å². The molecule has 0 radical (unpaired) electrons. The predicted molar refractivity (Wildman–Crippen MR) is 98.4 cm³/mol. The summed E-state index contributed by atoms with van der Waals surface area (Å²) in [5.74, 6) is 1.20. The van der Waals surface area contributed by atoms with Gasteiger partial charge in [0.15, 0.2) is 17.3 Å². The van der Waals surface area contributed by atoms with Crippen LogP contribution in [0.4, 0.5) is 0 Å². The van der Waals surface area contributed by atoms with Gasteiger partial charge >= 0.3 is 0 Å². The Morgan fingerprint density at radius 2 is 1.88 bits per heavy atom. The van der Waals surface area contributed by atoms with Crippen molar-refractivity contribution in [2.24, 2.45) is 0 Å². The molecule has 3 rings (SSSR count). The first-order valence-electron chi connectivity index (χ1n) is 9.14. The van der Waals surface area contributed by atoms with Gasteiger partial charge in [-0.25, -0.2) is 0 Å². The van der Waals surface area contributed by atoms with Crippen molar-refractivity contribution in [1.29, 1.82) is 0 Å². The van der Waals surface area contributed by atoms with Gasteiger partial charge < -0.3 is 19.3 Å².